The summed E-state index contributed by atoms with van der Waals surface area (Å²) in [5, 5.41) is 0. The number of fused-ring (bicyclic) bond motifs is 1. The van der Waals surface area contributed by atoms with Crippen molar-refractivity contribution >= 4 is 5.91 Å². The Morgan fingerprint density at radius 2 is 1.95 bits per heavy atom. The van der Waals surface area contributed by atoms with Crippen molar-refractivity contribution in [1.29, 1.82) is 0 Å². The smallest absolute Gasteiger partial charge is 0.254 e. The van der Waals surface area contributed by atoms with Crippen molar-refractivity contribution in [3.63, 3.8) is 0 Å². The summed E-state index contributed by atoms with van der Waals surface area (Å²) in [5.41, 5.74) is 0.659. The van der Waals surface area contributed by atoms with E-state index in [9.17, 15) is 4.79 Å². The maximum absolute atomic E-state index is 12.6. The van der Waals surface area contributed by atoms with Gasteiger partial charge in [-0.2, -0.15) is 0 Å². The van der Waals surface area contributed by atoms with E-state index in [2.05, 4.69) is 4.90 Å². The maximum atomic E-state index is 12.6. The molecule has 120 valence electrons. The number of hydrogen-bond acceptors (Lipinski definition) is 5. The summed E-state index contributed by atoms with van der Waals surface area (Å²) in [6.45, 7) is 7.95. The molecule has 1 amide bonds. The van der Waals surface area contributed by atoms with Crippen LogP contribution in [0, 0.1) is 0 Å². The Balaban J connectivity index is 1.53. The quantitative estimate of drug-likeness (QED) is 0.765. The van der Waals surface area contributed by atoms with Crippen LogP contribution in [0.5, 0.6) is 11.5 Å². The van der Waals surface area contributed by atoms with Gasteiger partial charge in [0.1, 0.15) is 0 Å². The van der Waals surface area contributed by atoms with Crippen molar-refractivity contribution in [2.45, 2.75) is 6.92 Å². The molecule has 2 heterocycles. The first-order chi connectivity index (χ1) is 10.8. The molecule has 0 radical (unpaired) electrons. The van der Waals surface area contributed by atoms with E-state index in [-0.39, 0.29) is 12.7 Å². The van der Waals surface area contributed by atoms with Gasteiger partial charge >= 0.3 is 0 Å². The van der Waals surface area contributed by atoms with Crippen LogP contribution in [0.2, 0.25) is 0 Å². The first-order valence-electron chi connectivity index (χ1n) is 7.77. The molecule has 3 rings (SSSR count). The molecule has 0 atom stereocenters. The second-order valence-corrected chi connectivity index (χ2v) is 5.40. The third-order valence-corrected chi connectivity index (χ3v) is 4.03. The van der Waals surface area contributed by atoms with Crippen LogP contribution in [0.25, 0.3) is 0 Å². The fourth-order valence-corrected chi connectivity index (χ4v) is 2.72. The van der Waals surface area contributed by atoms with Gasteiger partial charge < -0.3 is 19.1 Å². The largest absolute Gasteiger partial charge is 0.454 e. The third kappa shape index (κ3) is 3.34. The highest BCUT2D eigenvalue weighted by Crippen LogP contribution is 2.32. The summed E-state index contributed by atoms with van der Waals surface area (Å²) in [7, 11) is 0. The predicted molar refractivity (Wildman–Crippen MR) is 81.4 cm³/mol. The van der Waals surface area contributed by atoms with E-state index in [1.807, 2.05) is 11.8 Å². The molecule has 1 saturated heterocycles. The van der Waals surface area contributed by atoms with E-state index in [1.54, 1.807) is 18.2 Å². The standard InChI is InChI=1S/C16H22N2O4/c1-2-20-10-9-17-5-7-18(8-6-17)16(19)13-3-4-14-15(11-13)22-12-21-14/h3-4,11H,2,5-10,12H2,1H3. The zero-order valence-electron chi connectivity index (χ0n) is 12.9. The molecule has 2 aliphatic rings. The highest BCUT2D eigenvalue weighted by molar-refractivity contribution is 5.95. The molecule has 6 heteroatoms. The van der Waals surface area contributed by atoms with Crippen LogP contribution < -0.4 is 9.47 Å². The average molecular weight is 306 g/mol. The van der Waals surface area contributed by atoms with Crippen LogP contribution in [0.1, 0.15) is 17.3 Å². The molecule has 1 aromatic carbocycles. The number of rotatable bonds is 5. The molecule has 0 saturated carbocycles. The fourth-order valence-electron chi connectivity index (χ4n) is 2.72. The molecule has 0 unspecified atom stereocenters. The molecule has 0 spiro atoms. The number of nitrogens with zero attached hydrogens (tertiary/aromatic N) is 2. The number of carbonyl (C=O) groups excluding carboxylic acids is 1. The molecular formula is C16H22N2O4. The zero-order chi connectivity index (χ0) is 15.4. The normalized spacial score (nSPS) is 17.8. The van der Waals surface area contributed by atoms with Crippen molar-refractivity contribution in [3.8, 4) is 11.5 Å². The number of piperazine rings is 1. The van der Waals surface area contributed by atoms with Crippen LogP contribution in [0.4, 0.5) is 0 Å². The molecule has 0 bridgehead atoms. The highest BCUT2D eigenvalue weighted by atomic mass is 16.7. The Labute approximate surface area is 130 Å². The molecule has 2 aliphatic heterocycles. The van der Waals surface area contributed by atoms with E-state index in [1.165, 1.54) is 0 Å². The SMILES string of the molecule is CCOCCN1CCN(C(=O)c2ccc3c(c2)OCO3)CC1. The Hall–Kier alpha value is -1.79. The van der Waals surface area contributed by atoms with E-state index in [0.29, 0.717) is 17.1 Å². The minimum atomic E-state index is 0.0581. The summed E-state index contributed by atoms with van der Waals surface area (Å²) in [5.74, 6) is 1.42. The Bertz CT molecular complexity index is 527. The second-order valence-electron chi connectivity index (χ2n) is 5.40. The Kier molecular flexibility index (Phi) is 4.80. The van der Waals surface area contributed by atoms with Crippen LogP contribution in [-0.4, -0.2) is 68.4 Å². The zero-order valence-corrected chi connectivity index (χ0v) is 12.9. The van der Waals surface area contributed by atoms with E-state index in [4.69, 9.17) is 14.2 Å². The molecule has 0 aliphatic carbocycles. The third-order valence-electron chi connectivity index (χ3n) is 4.03. The van der Waals surface area contributed by atoms with Crippen molar-refractivity contribution in [2.24, 2.45) is 0 Å². The monoisotopic (exact) mass is 306 g/mol. The van der Waals surface area contributed by atoms with Gasteiger partial charge in [0.15, 0.2) is 11.5 Å². The summed E-state index contributed by atoms with van der Waals surface area (Å²) < 4.78 is 16.0. The lowest BCUT2D eigenvalue weighted by atomic mass is 10.1. The van der Waals surface area contributed by atoms with Crippen molar-refractivity contribution in [2.75, 3.05) is 52.7 Å². The van der Waals surface area contributed by atoms with Crippen molar-refractivity contribution < 1.29 is 19.0 Å². The lowest BCUT2D eigenvalue weighted by Crippen LogP contribution is -2.49. The number of carbonyl (C=O) groups is 1. The topological polar surface area (TPSA) is 51.2 Å². The molecule has 0 N–H and O–H groups in total. The lowest BCUT2D eigenvalue weighted by molar-refractivity contribution is 0.0564. The van der Waals surface area contributed by atoms with Crippen LogP contribution in [-0.2, 0) is 4.74 Å². The number of benzene rings is 1. The minimum Gasteiger partial charge on any atom is -0.454 e. The molecule has 22 heavy (non-hydrogen) atoms. The number of amides is 1. The van der Waals surface area contributed by atoms with Crippen molar-refractivity contribution in [1.82, 2.24) is 9.80 Å². The van der Waals surface area contributed by atoms with Gasteiger partial charge in [-0.25, -0.2) is 0 Å². The number of hydrogen-bond donors (Lipinski definition) is 0. The first kappa shape index (κ1) is 15.1. The minimum absolute atomic E-state index is 0.0581. The molecule has 6 nitrogen and oxygen atoms in total. The number of ether oxygens (including phenoxy) is 3. The molecule has 0 aromatic heterocycles. The summed E-state index contributed by atoms with van der Waals surface area (Å²) in [4.78, 5) is 16.8. The van der Waals surface area contributed by atoms with E-state index < -0.39 is 0 Å². The van der Waals surface area contributed by atoms with Crippen molar-refractivity contribution in [3.05, 3.63) is 23.8 Å². The molecular weight excluding hydrogens is 284 g/mol. The van der Waals surface area contributed by atoms with Gasteiger partial charge in [0.25, 0.3) is 5.91 Å². The van der Waals surface area contributed by atoms with E-state index >= 15 is 0 Å². The van der Waals surface area contributed by atoms with Crippen LogP contribution >= 0.6 is 0 Å². The fraction of sp³-hybridized carbons (Fsp3) is 0.562. The van der Waals surface area contributed by atoms with Gasteiger partial charge in [-0.05, 0) is 25.1 Å². The van der Waals surface area contributed by atoms with Crippen LogP contribution in [0.3, 0.4) is 0 Å². The summed E-state index contributed by atoms with van der Waals surface area (Å²) in [6, 6.07) is 5.37. The van der Waals surface area contributed by atoms with E-state index in [0.717, 1.165) is 45.9 Å². The lowest BCUT2D eigenvalue weighted by Gasteiger charge is -2.34. The van der Waals surface area contributed by atoms with Gasteiger partial charge in [0.2, 0.25) is 6.79 Å². The summed E-state index contributed by atoms with van der Waals surface area (Å²) >= 11 is 0. The predicted octanol–water partition coefficient (Wildman–Crippen LogP) is 1.21. The first-order valence-corrected chi connectivity index (χ1v) is 7.77. The van der Waals surface area contributed by atoms with Gasteiger partial charge in [0, 0.05) is 44.9 Å². The highest BCUT2D eigenvalue weighted by Gasteiger charge is 2.23. The molecule has 1 fully saturated rings. The van der Waals surface area contributed by atoms with Gasteiger partial charge in [-0.3, -0.25) is 9.69 Å². The molecule has 1 aromatic rings. The van der Waals surface area contributed by atoms with Gasteiger partial charge in [-0.15, -0.1) is 0 Å². The second kappa shape index (κ2) is 6.98. The van der Waals surface area contributed by atoms with Crippen LogP contribution in [0.15, 0.2) is 18.2 Å². The van der Waals surface area contributed by atoms with Gasteiger partial charge in [-0.1, -0.05) is 0 Å². The Morgan fingerprint density at radius 3 is 2.73 bits per heavy atom. The summed E-state index contributed by atoms with van der Waals surface area (Å²) in [6.07, 6.45) is 0. The Morgan fingerprint density at radius 1 is 1.18 bits per heavy atom. The average Bonchev–Trinajstić information content (AvgIpc) is 3.02. The van der Waals surface area contributed by atoms with Gasteiger partial charge in [0.05, 0.1) is 6.61 Å². The maximum Gasteiger partial charge on any atom is 0.254 e.